The van der Waals surface area contributed by atoms with Gasteiger partial charge in [-0.3, -0.25) is 24.0 Å². The highest BCUT2D eigenvalue weighted by molar-refractivity contribution is 5.96. The average Bonchev–Trinajstić information content (AvgIpc) is 3.20. The Morgan fingerprint density at radius 3 is 2.08 bits per heavy atom. The lowest BCUT2D eigenvalue weighted by Gasteiger charge is -2.33. The number of hydrogen-bond donors (Lipinski definition) is 4. The zero-order valence-corrected chi connectivity index (χ0v) is 36.9. The first kappa shape index (κ1) is 50.1. The number of carbonyl (C=O) groups is 7. The molecule has 328 valence electrons. The molecule has 0 unspecified atom stereocenters. The van der Waals surface area contributed by atoms with Crippen molar-refractivity contribution in [3.8, 4) is 0 Å². The van der Waals surface area contributed by atoms with Gasteiger partial charge >= 0.3 is 11.9 Å². The Morgan fingerprint density at radius 1 is 0.898 bits per heavy atom. The second kappa shape index (κ2) is 23.5. The van der Waals surface area contributed by atoms with Crippen LogP contribution in [0.3, 0.4) is 0 Å². The standard InChI is InChI=1S/C44H67N5O10/c1-13-26(5)37-40(53)46-31(10)44(57)59-38(27(6)14-2)29(8)34(50)21-20-28(7)43(56)58-35(22-25(3)4)39(52)45-30(9)41(54)49(12)33(23-32-18-16-15-17-19-32)42(55)48(11)24-36(51)47-37/h14-20,25-26,29-31,33-35,37-38,50H,13,21-24H2,1-12H3,(H,45,52)(H,46,53)(H,47,51)/b27-14+,28-20-/t26-,29-,30+,31-,33-,34-,35+,37-,38+/m0/s1. The van der Waals surface area contributed by atoms with E-state index in [2.05, 4.69) is 16.0 Å². The van der Waals surface area contributed by atoms with Crippen LogP contribution in [0.2, 0.25) is 0 Å². The van der Waals surface area contributed by atoms with Crippen LogP contribution in [0.1, 0.15) is 94.1 Å². The van der Waals surface area contributed by atoms with Crippen LogP contribution in [-0.2, 0) is 49.5 Å². The van der Waals surface area contributed by atoms with Crippen LogP contribution >= 0.6 is 0 Å². The maximum atomic E-state index is 14.1. The van der Waals surface area contributed by atoms with Crippen LogP contribution in [0.15, 0.2) is 53.6 Å². The number of ether oxygens (including phenoxy) is 2. The highest BCUT2D eigenvalue weighted by Crippen LogP contribution is 2.24. The van der Waals surface area contributed by atoms with Crippen molar-refractivity contribution in [1.29, 1.82) is 0 Å². The van der Waals surface area contributed by atoms with Crippen molar-refractivity contribution in [3.63, 3.8) is 0 Å². The molecule has 0 fully saturated rings. The fourth-order valence-electron chi connectivity index (χ4n) is 6.55. The zero-order chi connectivity index (χ0) is 44.7. The number of esters is 2. The molecule has 59 heavy (non-hydrogen) atoms. The maximum absolute atomic E-state index is 14.1. The normalized spacial score (nSPS) is 28.8. The molecule has 1 aromatic carbocycles. The molecule has 2 rings (SSSR count). The van der Waals surface area contributed by atoms with Crippen LogP contribution in [-0.4, -0.2) is 120 Å². The highest BCUT2D eigenvalue weighted by Gasteiger charge is 2.36. The molecule has 1 aromatic rings. The molecule has 0 bridgehead atoms. The molecule has 15 heteroatoms. The van der Waals surface area contributed by atoms with Crippen LogP contribution in [0.25, 0.3) is 0 Å². The van der Waals surface area contributed by atoms with Gasteiger partial charge in [0.2, 0.25) is 23.6 Å². The molecule has 0 saturated carbocycles. The molecule has 1 aliphatic heterocycles. The predicted molar refractivity (Wildman–Crippen MR) is 223 cm³/mol. The number of cyclic esters (lactones) is 2. The molecule has 9 atom stereocenters. The molecular weight excluding hydrogens is 759 g/mol. The van der Waals surface area contributed by atoms with Gasteiger partial charge in [0.1, 0.15) is 30.3 Å². The van der Waals surface area contributed by atoms with Crippen molar-refractivity contribution in [2.24, 2.45) is 17.8 Å². The fraction of sp³-hybridized carbons (Fsp3) is 0.614. The van der Waals surface area contributed by atoms with Gasteiger partial charge in [0, 0.05) is 32.0 Å². The van der Waals surface area contributed by atoms with Gasteiger partial charge in [0.15, 0.2) is 6.10 Å². The molecule has 15 nitrogen and oxygen atoms in total. The SMILES string of the molecule is C/C=C(\C)[C@H]1OC(=O)[C@H](C)NC(=O)[C@H]([C@@H](C)CC)NC(=O)CN(C)C(=O)[C@H](Cc2ccccc2)N(C)C(=O)[C@@H](C)NC(=O)[C@@H](CC(C)C)OC(=O)/C(C)=C\C[C@H](O)[C@@H]1C. The van der Waals surface area contributed by atoms with Crippen molar-refractivity contribution in [3.05, 3.63) is 59.2 Å². The van der Waals surface area contributed by atoms with Gasteiger partial charge in [-0.05, 0) is 70.4 Å². The Morgan fingerprint density at radius 2 is 1.51 bits per heavy atom. The summed E-state index contributed by atoms with van der Waals surface area (Å²) in [4.78, 5) is 98.0. The Labute approximate surface area is 349 Å². The minimum absolute atomic E-state index is 0.0211. The third-order valence-electron chi connectivity index (χ3n) is 10.8. The Hall–Kier alpha value is -5.05. The zero-order valence-electron chi connectivity index (χ0n) is 36.9. The summed E-state index contributed by atoms with van der Waals surface area (Å²) in [6.07, 6.45) is 0.687. The van der Waals surface area contributed by atoms with Gasteiger partial charge < -0.3 is 40.3 Å². The van der Waals surface area contributed by atoms with E-state index in [-0.39, 0.29) is 36.7 Å². The quantitative estimate of drug-likeness (QED) is 0.234. The third-order valence-corrected chi connectivity index (χ3v) is 10.8. The van der Waals surface area contributed by atoms with Crippen molar-refractivity contribution in [2.45, 2.75) is 137 Å². The number of nitrogens with one attached hydrogen (secondary N) is 3. The van der Waals surface area contributed by atoms with Crippen LogP contribution < -0.4 is 16.0 Å². The number of allylic oxidation sites excluding steroid dienone is 1. The van der Waals surface area contributed by atoms with Crippen LogP contribution in [0, 0.1) is 17.8 Å². The first-order valence-electron chi connectivity index (χ1n) is 20.5. The van der Waals surface area contributed by atoms with Gasteiger partial charge in [-0.1, -0.05) is 83.5 Å². The lowest BCUT2D eigenvalue weighted by atomic mass is 9.90. The molecule has 0 saturated heterocycles. The number of amides is 5. The Bertz CT molecular complexity index is 1700. The highest BCUT2D eigenvalue weighted by atomic mass is 16.6. The van der Waals surface area contributed by atoms with E-state index in [1.807, 2.05) is 26.8 Å². The van der Waals surface area contributed by atoms with Gasteiger partial charge in [-0.15, -0.1) is 0 Å². The molecule has 5 amide bonds. The summed E-state index contributed by atoms with van der Waals surface area (Å²) in [6.45, 7) is 16.5. The maximum Gasteiger partial charge on any atom is 0.334 e. The van der Waals surface area contributed by atoms with E-state index in [1.54, 1.807) is 58.0 Å². The lowest BCUT2D eigenvalue weighted by molar-refractivity contribution is -0.155. The predicted octanol–water partition coefficient (Wildman–Crippen LogP) is 3.24. The second-order valence-electron chi connectivity index (χ2n) is 16.2. The summed E-state index contributed by atoms with van der Waals surface area (Å²) in [5.74, 6) is -5.83. The molecule has 0 radical (unpaired) electrons. The summed E-state index contributed by atoms with van der Waals surface area (Å²) >= 11 is 0. The molecule has 0 spiro atoms. The monoisotopic (exact) mass is 825 g/mol. The van der Waals surface area contributed by atoms with Crippen LogP contribution in [0.5, 0.6) is 0 Å². The number of nitrogens with zero attached hydrogens (tertiary/aromatic N) is 2. The largest absolute Gasteiger partial charge is 0.456 e. The van der Waals surface area contributed by atoms with Gasteiger partial charge in [0.25, 0.3) is 5.91 Å². The fourth-order valence-corrected chi connectivity index (χ4v) is 6.55. The minimum Gasteiger partial charge on any atom is -0.456 e. The number of carbonyl (C=O) groups excluding carboxylic acids is 7. The average molecular weight is 826 g/mol. The van der Waals surface area contributed by atoms with E-state index >= 15 is 0 Å². The van der Waals surface area contributed by atoms with Gasteiger partial charge in [-0.2, -0.15) is 0 Å². The molecule has 0 aromatic heterocycles. The minimum atomic E-state index is -1.26. The van der Waals surface area contributed by atoms with Crippen molar-refractivity contribution in [1.82, 2.24) is 25.8 Å². The van der Waals surface area contributed by atoms with E-state index < -0.39 is 96.4 Å². The number of aliphatic hydroxyl groups excluding tert-OH is 1. The summed E-state index contributed by atoms with van der Waals surface area (Å²) in [7, 11) is 2.85. The molecule has 4 N–H and O–H groups in total. The van der Waals surface area contributed by atoms with Crippen molar-refractivity contribution < 1.29 is 48.1 Å². The Balaban J connectivity index is 2.62. The summed E-state index contributed by atoms with van der Waals surface area (Å²) < 4.78 is 11.5. The van der Waals surface area contributed by atoms with E-state index in [4.69, 9.17) is 9.47 Å². The first-order chi connectivity index (χ1) is 27.6. The molecular formula is C44H67N5O10. The van der Waals surface area contributed by atoms with E-state index in [0.29, 0.717) is 12.0 Å². The number of hydrogen-bond acceptors (Lipinski definition) is 10. The summed E-state index contributed by atoms with van der Waals surface area (Å²) in [5.41, 5.74) is 1.51. The third kappa shape index (κ3) is 14.9. The number of likely N-dealkylation sites (N-methyl/N-ethyl adjacent to an activating group) is 2. The number of rotatable bonds is 7. The molecule has 1 heterocycles. The first-order valence-corrected chi connectivity index (χ1v) is 20.5. The van der Waals surface area contributed by atoms with Gasteiger partial charge in [-0.25, -0.2) is 9.59 Å². The number of aliphatic hydroxyl groups is 1. The Kier molecular flexibility index (Phi) is 20.0. The summed E-state index contributed by atoms with van der Waals surface area (Å²) in [5, 5.41) is 19.3. The number of benzene rings is 1. The van der Waals surface area contributed by atoms with E-state index in [1.165, 1.54) is 50.7 Å². The molecule has 0 aliphatic carbocycles. The van der Waals surface area contributed by atoms with Crippen molar-refractivity contribution in [2.75, 3.05) is 20.6 Å². The van der Waals surface area contributed by atoms with Crippen LogP contribution in [0.4, 0.5) is 0 Å². The van der Waals surface area contributed by atoms with Crippen molar-refractivity contribution >= 4 is 41.5 Å². The topological polar surface area (TPSA) is 201 Å². The smallest absolute Gasteiger partial charge is 0.334 e. The summed E-state index contributed by atoms with van der Waals surface area (Å²) in [6, 6.07) is 4.53. The lowest BCUT2D eigenvalue weighted by Crippen LogP contribution is -2.57. The van der Waals surface area contributed by atoms with E-state index in [0.717, 1.165) is 5.56 Å². The second-order valence-corrected chi connectivity index (χ2v) is 16.2. The van der Waals surface area contributed by atoms with E-state index in [9.17, 15) is 38.7 Å². The molecule has 1 aliphatic rings. The van der Waals surface area contributed by atoms with Gasteiger partial charge in [0.05, 0.1) is 12.6 Å².